The number of aryl methyl sites for hydroxylation is 1. The van der Waals surface area contributed by atoms with Crippen LogP contribution in [0, 0.1) is 6.92 Å². The molecule has 15 heteroatoms. The number of aromatic nitrogens is 2. The van der Waals surface area contributed by atoms with E-state index in [1.54, 1.807) is 27.3 Å². The molecule has 3 aromatic heterocycles. The van der Waals surface area contributed by atoms with Crippen molar-refractivity contribution in [3.05, 3.63) is 92.6 Å². The number of ether oxygens (including phenoxy) is 2. The number of carbonyl (C=O) groups is 3. The highest BCUT2D eigenvalue weighted by molar-refractivity contribution is 7.10. The molecule has 0 radical (unpaired) electrons. The molecule has 2 fully saturated rings. The molecule has 2 aliphatic heterocycles. The number of thiazole rings is 1. The van der Waals surface area contributed by atoms with Crippen LogP contribution in [0.2, 0.25) is 0 Å². The van der Waals surface area contributed by atoms with Crippen molar-refractivity contribution in [3.8, 4) is 33.6 Å². The number of likely N-dealkylation sites (tertiary alicyclic amines) is 1. The van der Waals surface area contributed by atoms with Crippen molar-refractivity contribution in [2.75, 3.05) is 39.4 Å². The van der Waals surface area contributed by atoms with E-state index in [0.717, 1.165) is 27.3 Å². The molecule has 1 amide bonds. The maximum atomic E-state index is 13.2. The molecule has 7 rings (SSSR count). The van der Waals surface area contributed by atoms with Crippen LogP contribution in [0.4, 0.5) is 13.2 Å². The molecule has 52 heavy (non-hydrogen) atoms. The van der Waals surface area contributed by atoms with Gasteiger partial charge in [0.1, 0.15) is 17.5 Å². The van der Waals surface area contributed by atoms with Gasteiger partial charge in [-0.3, -0.25) is 9.69 Å². The molecular formula is C37H33F3N4O6S2. The lowest BCUT2D eigenvalue weighted by Gasteiger charge is -2.35. The first-order valence-electron chi connectivity index (χ1n) is 16.7. The van der Waals surface area contributed by atoms with Crippen LogP contribution in [-0.4, -0.2) is 83.4 Å². The molecule has 5 aromatic rings. The van der Waals surface area contributed by atoms with Crippen LogP contribution in [0.15, 0.2) is 75.9 Å². The molecule has 5 heterocycles. The zero-order valence-electron chi connectivity index (χ0n) is 27.9. The maximum Gasteiger partial charge on any atom is 0.491 e. The fraction of sp³-hybridized carbons (Fsp3) is 0.324. The van der Waals surface area contributed by atoms with Crippen LogP contribution in [0.3, 0.4) is 0 Å². The lowest BCUT2D eigenvalue weighted by Crippen LogP contribution is -2.41. The number of alkyl halides is 3. The lowest BCUT2D eigenvalue weighted by atomic mass is 9.95. The van der Waals surface area contributed by atoms with Crippen LogP contribution in [0.25, 0.3) is 33.6 Å². The molecule has 1 atom stereocenters. The summed E-state index contributed by atoms with van der Waals surface area (Å²) in [5.74, 6) is -3.14. The zero-order chi connectivity index (χ0) is 36.4. The Morgan fingerprint density at radius 3 is 2.35 bits per heavy atom. The highest BCUT2D eigenvalue weighted by atomic mass is 32.1. The summed E-state index contributed by atoms with van der Waals surface area (Å²) in [5, 5.41) is 8.97. The van der Waals surface area contributed by atoms with Gasteiger partial charge in [0.15, 0.2) is 0 Å². The first kappa shape index (κ1) is 35.7. The van der Waals surface area contributed by atoms with Crippen LogP contribution < -0.4 is 0 Å². The summed E-state index contributed by atoms with van der Waals surface area (Å²) in [5.41, 5.74) is 5.37. The quantitative estimate of drug-likeness (QED) is 0.117. The Kier molecular flexibility index (Phi) is 10.4. The summed E-state index contributed by atoms with van der Waals surface area (Å²) < 4.78 is 53.9. The van der Waals surface area contributed by atoms with Crippen molar-refractivity contribution in [1.82, 2.24) is 19.9 Å². The second kappa shape index (κ2) is 15.1. The number of esters is 2. The van der Waals surface area contributed by atoms with Gasteiger partial charge in [-0.25, -0.2) is 14.6 Å². The topological polar surface area (TPSA) is 115 Å². The van der Waals surface area contributed by atoms with E-state index >= 15 is 0 Å². The van der Waals surface area contributed by atoms with Crippen molar-refractivity contribution in [2.45, 2.75) is 37.9 Å². The third-order valence-electron chi connectivity index (χ3n) is 9.22. The number of piperidine rings is 1. The molecule has 0 N–H and O–H groups in total. The second-order valence-electron chi connectivity index (χ2n) is 12.5. The summed E-state index contributed by atoms with van der Waals surface area (Å²) in [6, 6.07) is 17.7. The van der Waals surface area contributed by atoms with Crippen LogP contribution in [0.5, 0.6) is 0 Å². The van der Waals surface area contributed by atoms with E-state index < -0.39 is 24.2 Å². The van der Waals surface area contributed by atoms with Crippen LogP contribution >= 0.6 is 22.7 Å². The number of benzene rings is 2. The Morgan fingerprint density at radius 2 is 1.63 bits per heavy atom. The highest BCUT2D eigenvalue weighted by Crippen LogP contribution is 2.40. The van der Waals surface area contributed by atoms with E-state index in [1.165, 1.54) is 22.7 Å². The molecule has 0 bridgehead atoms. The number of hydrogen-bond acceptors (Lipinski definition) is 11. The summed E-state index contributed by atoms with van der Waals surface area (Å²) in [4.78, 5) is 46.5. The molecule has 2 aromatic carbocycles. The number of carbonyl (C=O) groups excluding carboxylic acids is 3. The molecule has 0 spiro atoms. The number of amides is 1. The largest absolute Gasteiger partial charge is 0.491 e. The van der Waals surface area contributed by atoms with Crippen molar-refractivity contribution in [2.24, 2.45) is 0 Å². The van der Waals surface area contributed by atoms with Crippen molar-refractivity contribution in [1.29, 1.82) is 0 Å². The smallest absolute Gasteiger partial charge is 0.385 e. The molecule has 10 nitrogen and oxygen atoms in total. The maximum absolute atomic E-state index is 13.2. The first-order chi connectivity index (χ1) is 25.1. The van der Waals surface area contributed by atoms with E-state index in [2.05, 4.69) is 9.89 Å². The third-order valence-corrected chi connectivity index (χ3v) is 11.2. The number of thiophene rings is 1. The SMILES string of the molecule is Cc1onc(-c2cccc(-c3cccc(C(=O)N4CCOCC4)c3)c2)c1-c1csc(C2CCN(C(C(=O)OC(=O)C(F)(F)F)c3cccs3)CC2)n1. The van der Waals surface area contributed by atoms with Gasteiger partial charge < -0.3 is 18.9 Å². The first-order valence-corrected chi connectivity index (χ1v) is 18.4. The standard InChI is InChI=1S/C37H33F3N4O6S2/c1-22-30(31(42-50-22)26-7-2-5-24(19-26)25-6-3-8-27(20-25)34(45)44-14-16-48-17-15-44)28-21-52-33(41-28)23-10-12-43(13-11-23)32(29-9-4-18-51-29)35(46)49-36(47)37(38,39)40/h2-9,18-21,23,32H,10-17H2,1H3. The minimum Gasteiger partial charge on any atom is -0.385 e. The van der Waals surface area contributed by atoms with Crippen molar-refractivity contribution < 1.29 is 41.6 Å². The lowest BCUT2D eigenvalue weighted by molar-refractivity contribution is -0.203. The Labute approximate surface area is 304 Å². The van der Waals surface area contributed by atoms with Crippen LogP contribution in [-0.2, 0) is 19.1 Å². The van der Waals surface area contributed by atoms with Gasteiger partial charge in [0.05, 0.1) is 29.5 Å². The zero-order valence-corrected chi connectivity index (χ0v) is 29.6. The molecule has 270 valence electrons. The predicted octanol–water partition coefficient (Wildman–Crippen LogP) is 7.53. The normalized spacial score (nSPS) is 16.5. The van der Waals surface area contributed by atoms with E-state index in [1.807, 2.05) is 60.8 Å². The molecule has 2 saturated heterocycles. The van der Waals surface area contributed by atoms with Gasteiger partial charge in [-0.1, -0.05) is 41.6 Å². The minimum absolute atomic E-state index is 0.0250. The van der Waals surface area contributed by atoms with E-state index in [4.69, 9.17) is 14.2 Å². The molecule has 0 aliphatic carbocycles. The van der Waals surface area contributed by atoms with E-state index in [-0.39, 0.29) is 11.8 Å². The van der Waals surface area contributed by atoms with Crippen molar-refractivity contribution in [3.63, 3.8) is 0 Å². The highest BCUT2D eigenvalue weighted by Gasteiger charge is 2.45. The summed E-state index contributed by atoms with van der Waals surface area (Å²) in [7, 11) is 0. The van der Waals surface area contributed by atoms with Gasteiger partial charge in [-0.15, -0.1) is 22.7 Å². The van der Waals surface area contributed by atoms with Gasteiger partial charge in [0.2, 0.25) is 0 Å². The van der Waals surface area contributed by atoms with E-state index in [0.29, 0.717) is 79.8 Å². The van der Waals surface area contributed by atoms with Crippen LogP contribution in [0.1, 0.15) is 50.8 Å². The number of rotatable bonds is 8. The Hall–Kier alpha value is -4.70. The monoisotopic (exact) mass is 750 g/mol. The fourth-order valence-electron chi connectivity index (χ4n) is 6.59. The van der Waals surface area contributed by atoms with Gasteiger partial charge in [0, 0.05) is 40.4 Å². The van der Waals surface area contributed by atoms with E-state index in [9.17, 15) is 27.6 Å². The number of morpholine rings is 1. The summed E-state index contributed by atoms with van der Waals surface area (Å²) in [6.45, 7) is 4.80. The molecule has 1 unspecified atom stereocenters. The Bertz CT molecular complexity index is 2060. The summed E-state index contributed by atoms with van der Waals surface area (Å²) >= 11 is 2.72. The summed E-state index contributed by atoms with van der Waals surface area (Å²) in [6.07, 6.45) is -4.08. The third kappa shape index (κ3) is 7.58. The number of hydrogen-bond donors (Lipinski definition) is 0. The van der Waals surface area contributed by atoms with Gasteiger partial charge in [-0.05, 0) is 73.6 Å². The molecule has 0 saturated carbocycles. The second-order valence-corrected chi connectivity index (χ2v) is 14.4. The predicted molar refractivity (Wildman–Crippen MR) is 188 cm³/mol. The number of halogens is 3. The molecule has 2 aliphatic rings. The molecular weight excluding hydrogens is 718 g/mol. The Morgan fingerprint density at radius 1 is 0.923 bits per heavy atom. The van der Waals surface area contributed by atoms with Gasteiger partial charge in [-0.2, -0.15) is 13.2 Å². The minimum atomic E-state index is -5.27. The number of nitrogens with zero attached hydrogens (tertiary/aromatic N) is 4. The van der Waals surface area contributed by atoms with Crippen molar-refractivity contribution >= 4 is 40.5 Å². The Balaban J connectivity index is 1.07. The average Bonchev–Trinajstić information content (AvgIpc) is 3.94. The van der Waals surface area contributed by atoms with Gasteiger partial charge in [0.25, 0.3) is 5.91 Å². The average molecular weight is 751 g/mol. The fourth-order valence-corrected chi connectivity index (χ4v) is 8.42. The van der Waals surface area contributed by atoms with Gasteiger partial charge >= 0.3 is 18.1 Å².